The van der Waals surface area contributed by atoms with Crippen LogP contribution in [0.4, 0.5) is 10.1 Å². The Hall–Kier alpha value is -3.07. The number of halogens is 1. The Morgan fingerprint density at radius 2 is 2.07 bits per heavy atom. The highest BCUT2D eigenvalue weighted by Crippen LogP contribution is 2.29. The predicted molar refractivity (Wildman–Crippen MR) is 103 cm³/mol. The minimum absolute atomic E-state index is 0.0523. The first-order chi connectivity index (χ1) is 13.0. The summed E-state index contributed by atoms with van der Waals surface area (Å²) < 4.78 is 20.2. The second-order valence-corrected chi connectivity index (χ2v) is 6.62. The van der Waals surface area contributed by atoms with Gasteiger partial charge in [-0.1, -0.05) is 30.0 Å². The number of nitrogens with zero attached hydrogens (tertiary/aromatic N) is 3. The molecule has 1 aromatic heterocycles. The monoisotopic (exact) mass is 387 g/mol. The van der Waals surface area contributed by atoms with Gasteiger partial charge in [0.2, 0.25) is 11.1 Å². The van der Waals surface area contributed by atoms with Crippen LogP contribution in [-0.4, -0.2) is 33.6 Å². The fourth-order valence-corrected chi connectivity index (χ4v) is 3.04. The zero-order valence-corrected chi connectivity index (χ0v) is 15.6. The molecule has 0 aliphatic carbocycles. The molecule has 0 fully saturated rings. The number of methoxy groups -OCH3 is 1. The van der Waals surface area contributed by atoms with E-state index in [-0.39, 0.29) is 17.5 Å². The molecule has 3 aromatic rings. The van der Waals surface area contributed by atoms with Gasteiger partial charge in [0, 0.05) is 5.69 Å². The maximum absolute atomic E-state index is 13.6. The van der Waals surface area contributed by atoms with Gasteiger partial charge >= 0.3 is 0 Å². The van der Waals surface area contributed by atoms with Gasteiger partial charge in [-0.3, -0.25) is 4.79 Å². The number of anilines is 1. The minimum Gasteiger partial charge on any atom is -0.496 e. The topological polar surface area (TPSA) is 95.1 Å². The van der Waals surface area contributed by atoms with Crippen LogP contribution in [0.3, 0.4) is 0 Å². The summed E-state index contributed by atoms with van der Waals surface area (Å²) in [6.07, 6.45) is 0. The number of para-hydroxylation sites is 1. The van der Waals surface area contributed by atoms with E-state index in [1.165, 1.54) is 10.7 Å². The third-order valence-corrected chi connectivity index (χ3v) is 4.74. The van der Waals surface area contributed by atoms with Crippen LogP contribution in [0.5, 0.6) is 5.75 Å². The summed E-state index contributed by atoms with van der Waals surface area (Å²) in [4.78, 5) is 12.1. The van der Waals surface area contributed by atoms with Crippen LogP contribution in [0, 0.1) is 12.7 Å². The van der Waals surface area contributed by atoms with Gasteiger partial charge in [-0.25, -0.2) is 9.07 Å². The SMILES string of the molecule is COc1ccccc1-c1nnc(SCC(=O)Nc2ccc(C)c(F)c2)n1N. The Kier molecular flexibility index (Phi) is 5.60. The van der Waals surface area contributed by atoms with E-state index in [4.69, 9.17) is 10.6 Å². The van der Waals surface area contributed by atoms with Crippen molar-refractivity contribution in [3.63, 3.8) is 0 Å². The molecule has 0 unspecified atom stereocenters. The maximum Gasteiger partial charge on any atom is 0.234 e. The van der Waals surface area contributed by atoms with Crippen molar-refractivity contribution in [3.05, 3.63) is 53.8 Å². The van der Waals surface area contributed by atoms with Gasteiger partial charge < -0.3 is 15.9 Å². The number of aromatic nitrogens is 3. The highest BCUT2D eigenvalue weighted by molar-refractivity contribution is 7.99. The number of ether oxygens (including phenoxy) is 1. The number of carbonyl (C=O) groups excluding carboxylic acids is 1. The highest BCUT2D eigenvalue weighted by Gasteiger charge is 2.16. The largest absolute Gasteiger partial charge is 0.496 e. The standard InChI is InChI=1S/C18H18FN5O2S/c1-11-7-8-12(9-14(11)19)21-16(25)10-27-18-23-22-17(24(18)20)13-5-3-4-6-15(13)26-2/h3-9H,10,20H2,1-2H3,(H,21,25). The van der Waals surface area contributed by atoms with Crippen LogP contribution >= 0.6 is 11.8 Å². The molecule has 0 bridgehead atoms. The molecule has 1 heterocycles. The van der Waals surface area contributed by atoms with Crippen molar-refractivity contribution in [1.29, 1.82) is 0 Å². The third kappa shape index (κ3) is 4.20. The van der Waals surface area contributed by atoms with E-state index >= 15 is 0 Å². The molecular formula is C18H18FN5O2S. The molecule has 0 aliphatic heterocycles. The van der Waals surface area contributed by atoms with Gasteiger partial charge in [-0.15, -0.1) is 10.2 Å². The summed E-state index contributed by atoms with van der Waals surface area (Å²) in [6.45, 7) is 1.66. The number of amides is 1. The molecule has 0 atom stereocenters. The number of thioether (sulfide) groups is 1. The average Bonchev–Trinajstić information content (AvgIpc) is 3.03. The number of nitrogen functional groups attached to an aromatic ring is 1. The summed E-state index contributed by atoms with van der Waals surface area (Å²) in [5, 5.41) is 11.1. The Labute approximate surface area is 159 Å². The van der Waals surface area contributed by atoms with E-state index < -0.39 is 0 Å². The Bertz CT molecular complexity index is 976. The number of carbonyl (C=O) groups is 1. The second kappa shape index (κ2) is 8.09. The molecule has 1 amide bonds. The molecule has 0 spiro atoms. The lowest BCUT2D eigenvalue weighted by Gasteiger charge is -2.08. The first-order valence-corrected chi connectivity index (χ1v) is 9.01. The summed E-state index contributed by atoms with van der Waals surface area (Å²) in [7, 11) is 1.56. The van der Waals surface area contributed by atoms with E-state index in [9.17, 15) is 9.18 Å². The van der Waals surface area contributed by atoms with Gasteiger partial charge in [0.05, 0.1) is 18.4 Å². The molecule has 3 N–H and O–H groups in total. The maximum atomic E-state index is 13.6. The molecule has 0 saturated carbocycles. The van der Waals surface area contributed by atoms with Crippen molar-refractivity contribution in [2.24, 2.45) is 0 Å². The predicted octanol–water partition coefficient (Wildman–Crippen LogP) is 2.85. The molecule has 0 aliphatic rings. The second-order valence-electron chi connectivity index (χ2n) is 5.68. The van der Waals surface area contributed by atoms with Crippen LogP contribution in [0.1, 0.15) is 5.56 Å². The van der Waals surface area contributed by atoms with Gasteiger partial charge in [-0.05, 0) is 36.8 Å². The molecule has 27 heavy (non-hydrogen) atoms. The number of nitrogens with two attached hydrogens (primary N) is 1. The van der Waals surface area contributed by atoms with Crippen LogP contribution in [0.15, 0.2) is 47.6 Å². The molecular weight excluding hydrogens is 369 g/mol. The lowest BCUT2D eigenvalue weighted by molar-refractivity contribution is -0.113. The summed E-state index contributed by atoms with van der Waals surface area (Å²) in [5.74, 6) is 6.49. The van der Waals surface area contributed by atoms with Gasteiger partial charge in [0.1, 0.15) is 11.6 Å². The van der Waals surface area contributed by atoms with Gasteiger partial charge in [-0.2, -0.15) is 0 Å². The fourth-order valence-electron chi connectivity index (χ4n) is 2.39. The zero-order chi connectivity index (χ0) is 19.4. The van der Waals surface area contributed by atoms with E-state index in [0.29, 0.717) is 33.5 Å². The molecule has 7 nitrogen and oxygen atoms in total. The number of hydrogen-bond acceptors (Lipinski definition) is 6. The summed E-state index contributed by atoms with van der Waals surface area (Å²) in [5.41, 5.74) is 1.61. The lowest BCUT2D eigenvalue weighted by Crippen LogP contribution is -2.16. The first-order valence-electron chi connectivity index (χ1n) is 8.02. The molecule has 3 rings (SSSR count). The van der Waals surface area contributed by atoms with E-state index in [0.717, 1.165) is 11.8 Å². The summed E-state index contributed by atoms with van der Waals surface area (Å²) >= 11 is 1.13. The fraction of sp³-hybridized carbons (Fsp3) is 0.167. The number of rotatable bonds is 6. The number of hydrogen-bond donors (Lipinski definition) is 2. The van der Waals surface area contributed by atoms with Crippen LogP contribution in [-0.2, 0) is 4.79 Å². The first kappa shape index (κ1) is 18.7. The van der Waals surface area contributed by atoms with Crippen molar-refractivity contribution >= 4 is 23.4 Å². The highest BCUT2D eigenvalue weighted by atomic mass is 32.2. The van der Waals surface area contributed by atoms with Crippen molar-refractivity contribution in [2.75, 3.05) is 24.0 Å². The van der Waals surface area contributed by atoms with Gasteiger partial charge in [0.25, 0.3) is 0 Å². The van der Waals surface area contributed by atoms with Crippen molar-refractivity contribution in [1.82, 2.24) is 14.9 Å². The lowest BCUT2D eigenvalue weighted by atomic mass is 10.2. The molecule has 2 aromatic carbocycles. The van der Waals surface area contributed by atoms with Crippen LogP contribution < -0.4 is 15.9 Å². The molecule has 140 valence electrons. The molecule has 0 saturated heterocycles. The number of benzene rings is 2. The Morgan fingerprint density at radius 1 is 1.30 bits per heavy atom. The normalized spacial score (nSPS) is 10.6. The molecule has 9 heteroatoms. The molecule has 0 radical (unpaired) electrons. The Morgan fingerprint density at radius 3 is 2.81 bits per heavy atom. The van der Waals surface area contributed by atoms with E-state index in [1.54, 1.807) is 32.2 Å². The van der Waals surface area contributed by atoms with Gasteiger partial charge in [0.15, 0.2) is 5.82 Å². The van der Waals surface area contributed by atoms with Crippen molar-refractivity contribution < 1.29 is 13.9 Å². The third-order valence-electron chi connectivity index (χ3n) is 3.80. The summed E-state index contributed by atoms with van der Waals surface area (Å²) in [6, 6.07) is 11.8. The van der Waals surface area contributed by atoms with Crippen molar-refractivity contribution in [3.8, 4) is 17.1 Å². The number of aryl methyl sites for hydroxylation is 1. The van der Waals surface area contributed by atoms with Crippen molar-refractivity contribution in [2.45, 2.75) is 12.1 Å². The minimum atomic E-state index is -0.372. The number of nitrogens with one attached hydrogen (secondary N) is 1. The van der Waals surface area contributed by atoms with E-state index in [2.05, 4.69) is 15.5 Å². The average molecular weight is 387 g/mol. The quantitative estimate of drug-likeness (QED) is 0.499. The van der Waals surface area contributed by atoms with Crippen LogP contribution in [0.25, 0.3) is 11.4 Å². The van der Waals surface area contributed by atoms with E-state index in [1.807, 2.05) is 18.2 Å². The Balaban J connectivity index is 1.67. The smallest absolute Gasteiger partial charge is 0.234 e. The zero-order valence-electron chi connectivity index (χ0n) is 14.8. The van der Waals surface area contributed by atoms with Crippen LogP contribution in [0.2, 0.25) is 0 Å².